The lowest BCUT2D eigenvalue weighted by Gasteiger charge is -2.29. The molecule has 1 aliphatic carbocycles. The number of para-hydroxylation sites is 1. The first-order valence-electron chi connectivity index (χ1n) is 6.59. The van der Waals surface area contributed by atoms with Crippen molar-refractivity contribution < 1.29 is 0 Å². The Morgan fingerprint density at radius 2 is 2.11 bits per heavy atom. The maximum atomic E-state index is 4.57. The van der Waals surface area contributed by atoms with Gasteiger partial charge in [-0.1, -0.05) is 62.1 Å². The fourth-order valence-electron chi connectivity index (χ4n) is 2.66. The van der Waals surface area contributed by atoms with Crippen LogP contribution < -0.4 is 0 Å². The smallest absolute Gasteiger partial charge is 0.0742 e. The molecule has 1 aliphatic rings. The van der Waals surface area contributed by atoms with Gasteiger partial charge < -0.3 is 0 Å². The molecule has 0 saturated carbocycles. The molecule has 19 heavy (non-hydrogen) atoms. The van der Waals surface area contributed by atoms with Crippen LogP contribution in [0.2, 0.25) is 0 Å². The largest absolute Gasteiger partial charge is 0.256 e. The SMILES string of the molecule is C=CC1=CCC(C)(c2cccc3cccnc23)C=C1. The maximum Gasteiger partial charge on any atom is 0.0742 e. The van der Waals surface area contributed by atoms with E-state index in [1.54, 1.807) is 0 Å². The molecule has 0 aliphatic heterocycles. The van der Waals surface area contributed by atoms with E-state index in [4.69, 9.17) is 0 Å². The van der Waals surface area contributed by atoms with Crippen molar-refractivity contribution in [3.63, 3.8) is 0 Å². The van der Waals surface area contributed by atoms with E-state index < -0.39 is 0 Å². The molecule has 1 unspecified atom stereocenters. The minimum absolute atomic E-state index is 0.0143. The van der Waals surface area contributed by atoms with Crippen LogP contribution in [0.25, 0.3) is 10.9 Å². The van der Waals surface area contributed by atoms with Crippen LogP contribution in [0.5, 0.6) is 0 Å². The monoisotopic (exact) mass is 247 g/mol. The Morgan fingerprint density at radius 1 is 1.26 bits per heavy atom. The highest BCUT2D eigenvalue weighted by atomic mass is 14.7. The van der Waals surface area contributed by atoms with Gasteiger partial charge in [-0.05, 0) is 23.6 Å². The van der Waals surface area contributed by atoms with Crippen LogP contribution >= 0.6 is 0 Å². The van der Waals surface area contributed by atoms with Crippen LogP contribution in [0.1, 0.15) is 18.9 Å². The van der Waals surface area contributed by atoms with Gasteiger partial charge in [0.25, 0.3) is 0 Å². The van der Waals surface area contributed by atoms with Crippen molar-refractivity contribution in [1.82, 2.24) is 4.98 Å². The van der Waals surface area contributed by atoms with E-state index in [1.165, 1.54) is 16.5 Å². The van der Waals surface area contributed by atoms with Crippen molar-refractivity contribution in [3.05, 3.63) is 78.5 Å². The molecule has 0 N–H and O–H groups in total. The number of benzene rings is 1. The second-order valence-electron chi connectivity index (χ2n) is 5.24. The topological polar surface area (TPSA) is 12.9 Å². The van der Waals surface area contributed by atoms with Gasteiger partial charge in [0.2, 0.25) is 0 Å². The molecule has 0 fully saturated rings. The summed E-state index contributed by atoms with van der Waals surface area (Å²) in [6.07, 6.45) is 11.4. The van der Waals surface area contributed by atoms with Gasteiger partial charge in [0.1, 0.15) is 0 Å². The Kier molecular flexibility index (Phi) is 2.83. The molecule has 1 aromatic heterocycles. The van der Waals surface area contributed by atoms with Gasteiger partial charge in [-0.2, -0.15) is 0 Å². The molecule has 1 heteroatoms. The molecule has 0 radical (unpaired) electrons. The molecule has 0 bridgehead atoms. The van der Waals surface area contributed by atoms with E-state index in [0.29, 0.717) is 0 Å². The maximum absolute atomic E-state index is 4.57. The quantitative estimate of drug-likeness (QED) is 0.757. The Labute approximate surface area is 114 Å². The minimum Gasteiger partial charge on any atom is -0.256 e. The molecule has 0 spiro atoms. The predicted molar refractivity (Wildman–Crippen MR) is 81.1 cm³/mol. The van der Waals surface area contributed by atoms with E-state index in [2.05, 4.69) is 61.0 Å². The van der Waals surface area contributed by atoms with Gasteiger partial charge in [-0.15, -0.1) is 0 Å². The van der Waals surface area contributed by atoms with Gasteiger partial charge in [0, 0.05) is 17.0 Å². The number of allylic oxidation sites excluding steroid dienone is 5. The summed E-state index contributed by atoms with van der Waals surface area (Å²) in [6, 6.07) is 10.5. The lowest BCUT2D eigenvalue weighted by molar-refractivity contribution is 0.602. The Morgan fingerprint density at radius 3 is 2.84 bits per heavy atom. The van der Waals surface area contributed by atoms with Crippen LogP contribution in [-0.4, -0.2) is 4.98 Å². The third-order valence-electron chi connectivity index (χ3n) is 3.89. The van der Waals surface area contributed by atoms with Crippen molar-refractivity contribution in [2.75, 3.05) is 0 Å². The zero-order valence-corrected chi connectivity index (χ0v) is 11.1. The van der Waals surface area contributed by atoms with Gasteiger partial charge in [-0.3, -0.25) is 4.98 Å². The summed E-state index contributed by atoms with van der Waals surface area (Å²) < 4.78 is 0. The van der Waals surface area contributed by atoms with Gasteiger partial charge in [0.15, 0.2) is 0 Å². The van der Waals surface area contributed by atoms with Crippen LogP contribution in [0, 0.1) is 0 Å². The van der Waals surface area contributed by atoms with Gasteiger partial charge in [-0.25, -0.2) is 0 Å². The Hall–Kier alpha value is -2.15. The zero-order chi connectivity index (χ0) is 13.3. The van der Waals surface area contributed by atoms with Crippen molar-refractivity contribution in [1.29, 1.82) is 0 Å². The second kappa shape index (κ2) is 4.51. The number of fused-ring (bicyclic) bond motifs is 1. The summed E-state index contributed by atoms with van der Waals surface area (Å²) in [4.78, 5) is 4.57. The molecule has 0 saturated heterocycles. The van der Waals surface area contributed by atoms with E-state index in [1.807, 2.05) is 18.3 Å². The Balaban J connectivity index is 2.13. The first-order valence-corrected chi connectivity index (χ1v) is 6.59. The molecule has 1 atom stereocenters. The third kappa shape index (κ3) is 2.01. The summed E-state index contributed by atoms with van der Waals surface area (Å²) in [6.45, 7) is 6.09. The van der Waals surface area contributed by atoms with E-state index in [0.717, 1.165) is 11.9 Å². The number of nitrogens with zero attached hydrogens (tertiary/aromatic N) is 1. The zero-order valence-electron chi connectivity index (χ0n) is 11.1. The van der Waals surface area contributed by atoms with Crippen LogP contribution in [0.4, 0.5) is 0 Å². The average molecular weight is 247 g/mol. The minimum atomic E-state index is 0.0143. The number of hydrogen-bond donors (Lipinski definition) is 0. The number of rotatable bonds is 2. The first-order chi connectivity index (χ1) is 9.23. The molecular weight excluding hydrogens is 230 g/mol. The van der Waals surface area contributed by atoms with Gasteiger partial charge in [0.05, 0.1) is 5.52 Å². The standard InChI is InChI=1S/C18H17N/c1-3-14-9-11-18(2,12-10-14)16-8-4-6-15-7-5-13-19-17(15)16/h3-11,13H,1,12H2,2H3. The number of hydrogen-bond acceptors (Lipinski definition) is 1. The van der Waals surface area contributed by atoms with Crippen molar-refractivity contribution in [2.45, 2.75) is 18.8 Å². The van der Waals surface area contributed by atoms with Crippen LogP contribution in [0.3, 0.4) is 0 Å². The highest BCUT2D eigenvalue weighted by molar-refractivity contribution is 5.83. The molecule has 94 valence electrons. The average Bonchev–Trinajstić information content (AvgIpc) is 2.47. The Bertz CT molecular complexity index is 688. The summed E-state index contributed by atoms with van der Waals surface area (Å²) in [5.41, 5.74) is 3.61. The fourth-order valence-corrected chi connectivity index (χ4v) is 2.66. The third-order valence-corrected chi connectivity index (χ3v) is 3.89. The van der Waals surface area contributed by atoms with Crippen LogP contribution in [0.15, 0.2) is 73.0 Å². The molecule has 1 heterocycles. The highest BCUT2D eigenvalue weighted by Gasteiger charge is 2.26. The molecule has 3 rings (SSSR count). The summed E-state index contributed by atoms with van der Waals surface area (Å²) in [5, 5.41) is 1.20. The van der Waals surface area contributed by atoms with Crippen LogP contribution in [-0.2, 0) is 5.41 Å². The molecule has 1 aromatic carbocycles. The fraction of sp³-hybridized carbons (Fsp3) is 0.167. The van der Waals surface area contributed by atoms with E-state index in [-0.39, 0.29) is 5.41 Å². The van der Waals surface area contributed by atoms with Crippen molar-refractivity contribution in [3.8, 4) is 0 Å². The summed E-state index contributed by atoms with van der Waals surface area (Å²) >= 11 is 0. The lowest BCUT2D eigenvalue weighted by Crippen LogP contribution is -2.20. The molecule has 0 amide bonds. The summed E-state index contributed by atoms with van der Waals surface area (Å²) in [7, 11) is 0. The van der Waals surface area contributed by atoms with Gasteiger partial charge >= 0.3 is 0 Å². The van der Waals surface area contributed by atoms with Crippen molar-refractivity contribution in [2.24, 2.45) is 0 Å². The summed E-state index contributed by atoms with van der Waals surface area (Å²) in [5.74, 6) is 0. The molecule has 1 nitrogen and oxygen atoms in total. The highest BCUT2D eigenvalue weighted by Crippen LogP contribution is 2.36. The first kappa shape index (κ1) is 11.9. The number of pyridine rings is 1. The van der Waals surface area contributed by atoms with Crippen molar-refractivity contribution >= 4 is 10.9 Å². The van der Waals surface area contributed by atoms with E-state index >= 15 is 0 Å². The molecule has 2 aromatic rings. The normalized spacial score (nSPS) is 22.3. The lowest BCUT2D eigenvalue weighted by atomic mass is 9.75. The predicted octanol–water partition coefficient (Wildman–Crippen LogP) is 4.56. The number of aromatic nitrogens is 1. The molecular formula is C18H17N. The second-order valence-corrected chi connectivity index (χ2v) is 5.24. The van der Waals surface area contributed by atoms with E-state index in [9.17, 15) is 0 Å².